The minimum atomic E-state index is -0.381. The Labute approximate surface area is 155 Å². The Bertz CT molecular complexity index is 836. The molecule has 0 radical (unpaired) electrons. The van der Waals surface area contributed by atoms with Crippen molar-refractivity contribution in [3.05, 3.63) is 48.2 Å². The second-order valence-electron chi connectivity index (χ2n) is 5.67. The summed E-state index contributed by atoms with van der Waals surface area (Å²) in [6.07, 6.45) is 2.24. The van der Waals surface area contributed by atoms with Crippen molar-refractivity contribution < 1.29 is 26.0 Å². The Balaban J connectivity index is 0.00000225. The number of hydrogen-bond donors (Lipinski definition) is 0. The van der Waals surface area contributed by atoms with Gasteiger partial charge in [-0.2, -0.15) is 0 Å². The Hall–Kier alpha value is -1.96. The molecule has 8 heteroatoms. The number of carbonyl (C=O) groups is 1. The lowest BCUT2D eigenvalue weighted by Crippen LogP contribution is -3.00. The van der Waals surface area contributed by atoms with Crippen molar-refractivity contribution in [1.82, 2.24) is 9.88 Å². The van der Waals surface area contributed by atoms with Crippen molar-refractivity contribution in [2.24, 2.45) is 0 Å². The van der Waals surface area contributed by atoms with E-state index in [1.165, 1.54) is 23.7 Å². The van der Waals surface area contributed by atoms with E-state index in [1.54, 1.807) is 29.2 Å². The van der Waals surface area contributed by atoms with E-state index in [0.717, 1.165) is 17.7 Å². The van der Waals surface area contributed by atoms with Crippen molar-refractivity contribution in [1.29, 1.82) is 0 Å². The normalized spacial score (nSPS) is 10.9. The number of carbonyl (C=O) groups excluding carboxylic acids is 1. The molecule has 5 nitrogen and oxygen atoms in total. The molecule has 3 aromatic rings. The fraction of sp³-hybridized carbons (Fsp3) is 0.294. The minimum Gasteiger partial charge on any atom is -1.00 e. The number of furan rings is 1. The summed E-state index contributed by atoms with van der Waals surface area (Å²) in [5.74, 6) is -0.397. The largest absolute Gasteiger partial charge is 1.00 e. The maximum atomic E-state index is 13.9. The summed E-state index contributed by atoms with van der Waals surface area (Å²) in [5, 5.41) is 0.482. The molecule has 0 aliphatic rings. The highest BCUT2D eigenvalue weighted by molar-refractivity contribution is 7.22. The van der Waals surface area contributed by atoms with Gasteiger partial charge in [0.25, 0.3) is 5.91 Å². The van der Waals surface area contributed by atoms with Gasteiger partial charge in [0.1, 0.15) is 11.3 Å². The van der Waals surface area contributed by atoms with Crippen molar-refractivity contribution >= 4 is 32.6 Å². The van der Waals surface area contributed by atoms with Crippen molar-refractivity contribution in [2.45, 2.75) is 6.42 Å². The molecule has 0 atom stereocenters. The van der Waals surface area contributed by atoms with Crippen LogP contribution in [0.15, 0.2) is 41.0 Å². The van der Waals surface area contributed by atoms with E-state index < -0.39 is 0 Å². The first-order valence-electron chi connectivity index (χ1n) is 7.61. The predicted molar refractivity (Wildman–Crippen MR) is 93.1 cm³/mol. The summed E-state index contributed by atoms with van der Waals surface area (Å²) in [5.41, 5.74) is 0.294. The second kappa shape index (κ2) is 8.42. The van der Waals surface area contributed by atoms with E-state index in [0.29, 0.717) is 17.2 Å². The van der Waals surface area contributed by atoms with Gasteiger partial charge in [-0.15, -0.1) is 0 Å². The molecule has 2 aromatic heterocycles. The number of thiazole rings is 1. The van der Waals surface area contributed by atoms with Gasteiger partial charge in [0.15, 0.2) is 10.9 Å². The predicted octanol–water partition coefficient (Wildman–Crippen LogP) is 0.631. The van der Waals surface area contributed by atoms with Crippen LogP contribution in [-0.4, -0.2) is 43.0 Å². The van der Waals surface area contributed by atoms with Crippen LogP contribution in [0.25, 0.3) is 10.2 Å². The Morgan fingerprint density at radius 3 is 2.68 bits per heavy atom. The third kappa shape index (κ3) is 4.36. The maximum Gasteiger partial charge on any atom is 0.295 e. The van der Waals surface area contributed by atoms with E-state index in [1.807, 2.05) is 19.0 Å². The first kappa shape index (κ1) is 19.4. The lowest BCUT2D eigenvalue weighted by molar-refractivity contribution is -0.0000132. The first-order valence-corrected chi connectivity index (χ1v) is 8.43. The zero-order chi connectivity index (χ0) is 17.1. The lowest BCUT2D eigenvalue weighted by Gasteiger charge is -2.19. The number of hydrogen-bond acceptors (Lipinski definition) is 5. The van der Waals surface area contributed by atoms with Gasteiger partial charge in [-0.25, -0.2) is 9.37 Å². The zero-order valence-electron chi connectivity index (χ0n) is 13.9. The fourth-order valence-electron chi connectivity index (χ4n) is 2.38. The lowest BCUT2D eigenvalue weighted by atomic mass is 10.3. The monoisotopic (exact) mass is 382 g/mol. The molecule has 0 saturated carbocycles. The van der Waals surface area contributed by atoms with Crippen LogP contribution in [0.2, 0.25) is 0 Å². The molecule has 1 aromatic carbocycles. The molecule has 0 aliphatic carbocycles. The topological polar surface area (TPSA) is 49.6 Å². The number of nitrogens with zero attached hydrogens (tertiary/aromatic N) is 3. The number of benzene rings is 1. The Kier molecular flexibility index (Phi) is 6.52. The van der Waals surface area contributed by atoms with Gasteiger partial charge >= 0.3 is 0 Å². The second-order valence-corrected chi connectivity index (χ2v) is 6.68. The number of anilines is 1. The van der Waals surface area contributed by atoms with E-state index in [-0.39, 0.29) is 29.9 Å². The van der Waals surface area contributed by atoms with Gasteiger partial charge in [-0.1, -0.05) is 17.4 Å². The number of rotatable bonds is 6. The Morgan fingerprint density at radius 2 is 2.04 bits per heavy atom. The minimum absolute atomic E-state index is 0. The first-order chi connectivity index (χ1) is 11.6. The zero-order valence-corrected chi connectivity index (χ0v) is 15.5. The molecule has 0 aliphatic heterocycles. The van der Waals surface area contributed by atoms with Crippen LogP contribution < -0.4 is 17.3 Å². The molecule has 2 heterocycles. The molecule has 0 unspecified atom stereocenters. The Morgan fingerprint density at radius 1 is 1.24 bits per heavy atom. The SMILES string of the molecule is CN(C)CCCN(C(=O)c1ccco1)c1nc2c(F)cccc2s1.[Cl-]. The van der Waals surface area contributed by atoms with Gasteiger partial charge in [-0.05, 0) is 51.3 Å². The highest BCUT2D eigenvalue weighted by Gasteiger charge is 2.23. The molecule has 0 fully saturated rings. The average molecular weight is 383 g/mol. The van der Waals surface area contributed by atoms with E-state index in [4.69, 9.17) is 4.42 Å². The van der Waals surface area contributed by atoms with Crippen LogP contribution in [0.4, 0.5) is 9.52 Å². The molecule has 134 valence electrons. The molecule has 0 saturated heterocycles. The number of para-hydroxylation sites is 1. The van der Waals surface area contributed by atoms with Crippen LogP contribution in [0.3, 0.4) is 0 Å². The van der Waals surface area contributed by atoms with Crippen molar-refractivity contribution in [3.8, 4) is 0 Å². The number of aromatic nitrogens is 1. The third-order valence-electron chi connectivity index (χ3n) is 3.55. The number of amides is 1. The van der Waals surface area contributed by atoms with Gasteiger partial charge < -0.3 is 21.7 Å². The molecule has 25 heavy (non-hydrogen) atoms. The quantitative estimate of drug-likeness (QED) is 0.627. The highest BCUT2D eigenvalue weighted by Crippen LogP contribution is 2.31. The molecule has 1 amide bonds. The third-order valence-corrected chi connectivity index (χ3v) is 4.60. The summed E-state index contributed by atoms with van der Waals surface area (Å²) in [4.78, 5) is 20.7. The molecule has 3 rings (SSSR count). The average Bonchev–Trinajstić information content (AvgIpc) is 3.20. The molecule has 0 bridgehead atoms. The van der Waals surface area contributed by atoms with Crippen LogP contribution in [0.5, 0.6) is 0 Å². The van der Waals surface area contributed by atoms with Crippen molar-refractivity contribution in [2.75, 3.05) is 32.1 Å². The highest BCUT2D eigenvalue weighted by atomic mass is 35.5. The molecule has 0 spiro atoms. The van der Waals surface area contributed by atoms with Gasteiger partial charge in [0.05, 0.1) is 11.0 Å². The van der Waals surface area contributed by atoms with Crippen LogP contribution in [-0.2, 0) is 0 Å². The van der Waals surface area contributed by atoms with Crippen LogP contribution in [0, 0.1) is 5.82 Å². The van der Waals surface area contributed by atoms with Crippen LogP contribution >= 0.6 is 11.3 Å². The maximum absolute atomic E-state index is 13.9. The summed E-state index contributed by atoms with van der Waals surface area (Å²) < 4.78 is 19.9. The molecular formula is C17H18ClFN3O2S-. The summed E-state index contributed by atoms with van der Waals surface area (Å²) >= 11 is 1.30. The van der Waals surface area contributed by atoms with E-state index in [9.17, 15) is 9.18 Å². The van der Waals surface area contributed by atoms with E-state index >= 15 is 0 Å². The molecular weight excluding hydrogens is 365 g/mol. The van der Waals surface area contributed by atoms with Crippen LogP contribution in [0.1, 0.15) is 17.0 Å². The number of halogens is 2. The van der Waals surface area contributed by atoms with E-state index in [2.05, 4.69) is 4.98 Å². The summed E-state index contributed by atoms with van der Waals surface area (Å²) in [6.45, 7) is 1.32. The van der Waals surface area contributed by atoms with Gasteiger partial charge in [0, 0.05) is 6.54 Å². The standard InChI is InChI=1S/C17H18FN3O2S.ClH/c1-20(2)9-5-10-21(16(22)13-7-4-11-23-13)17-19-15-12(18)6-3-8-14(15)24-17;/h3-4,6-8,11H,5,9-10H2,1-2H3;1H/p-1. The van der Waals surface area contributed by atoms with Gasteiger partial charge in [0.2, 0.25) is 0 Å². The van der Waals surface area contributed by atoms with Gasteiger partial charge in [-0.3, -0.25) is 9.69 Å². The summed E-state index contributed by atoms with van der Waals surface area (Å²) in [7, 11) is 3.96. The number of fused-ring (bicyclic) bond motifs is 1. The smallest absolute Gasteiger partial charge is 0.295 e. The van der Waals surface area contributed by atoms with Crippen molar-refractivity contribution in [3.63, 3.8) is 0 Å². The molecule has 0 N–H and O–H groups in total. The fourth-order valence-corrected chi connectivity index (χ4v) is 3.39. The summed E-state index contributed by atoms with van der Waals surface area (Å²) in [6, 6.07) is 8.11.